The van der Waals surface area contributed by atoms with Crippen LogP contribution in [0.5, 0.6) is 11.5 Å². The van der Waals surface area contributed by atoms with Crippen molar-refractivity contribution in [3.8, 4) is 11.5 Å². The van der Waals surface area contributed by atoms with Crippen LogP contribution in [-0.4, -0.2) is 63.3 Å². The van der Waals surface area contributed by atoms with E-state index in [-0.39, 0.29) is 0 Å². The molecule has 2 aliphatic rings. The Morgan fingerprint density at radius 3 is 2.66 bits per heavy atom. The van der Waals surface area contributed by atoms with Crippen LogP contribution in [0.25, 0.3) is 0 Å². The van der Waals surface area contributed by atoms with Gasteiger partial charge in [0, 0.05) is 38.3 Å². The molecule has 1 aromatic carbocycles. The number of benzene rings is 1. The predicted molar refractivity (Wildman–Crippen MR) is 119 cm³/mol. The Morgan fingerprint density at radius 2 is 1.93 bits per heavy atom. The maximum atomic E-state index is 5.40. The summed E-state index contributed by atoms with van der Waals surface area (Å²) in [6.45, 7) is 6.20. The Bertz CT molecular complexity index is 658. The van der Waals surface area contributed by atoms with Crippen molar-refractivity contribution in [1.82, 2.24) is 15.5 Å². The summed E-state index contributed by atoms with van der Waals surface area (Å²) in [4.78, 5) is 7.50. The van der Waals surface area contributed by atoms with Gasteiger partial charge in [0.05, 0.1) is 14.2 Å². The van der Waals surface area contributed by atoms with Gasteiger partial charge in [0.2, 0.25) is 0 Å². The van der Waals surface area contributed by atoms with E-state index in [1.54, 1.807) is 14.2 Å². The van der Waals surface area contributed by atoms with Crippen molar-refractivity contribution in [3.05, 3.63) is 23.8 Å². The number of rotatable bonds is 9. The SMILES string of the molecule is CCNC(=NCCCc1ccc(OC)c(OC)c1)NC1CCN(C2CCCC2)C1. The van der Waals surface area contributed by atoms with Crippen molar-refractivity contribution < 1.29 is 9.47 Å². The summed E-state index contributed by atoms with van der Waals surface area (Å²) in [5.74, 6) is 2.52. The number of methoxy groups -OCH3 is 2. The number of ether oxygens (including phenoxy) is 2. The molecule has 6 heteroatoms. The predicted octanol–water partition coefficient (Wildman–Crippen LogP) is 3.21. The smallest absolute Gasteiger partial charge is 0.191 e. The molecule has 1 saturated heterocycles. The van der Waals surface area contributed by atoms with Gasteiger partial charge in [-0.2, -0.15) is 0 Å². The number of hydrogen-bond acceptors (Lipinski definition) is 4. The number of likely N-dealkylation sites (tertiary alicyclic amines) is 1. The van der Waals surface area contributed by atoms with Crippen LogP contribution in [0, 0.1) is 0 Å². The van der Waals surface area contributed by atoms with Crippen molar-refractivity contribution in [2.75, 3.05) is 40.4 Å². The molecule has 29 heavy (non-hydrogen) atoms. The van der Waals surface area contributed by atoms with Crippen LogP contribution >= 0.6 is 0 Å². The normalized spacial score (nSPS) is 20.8. The number of aliphatic imine (C=N–C) groups is 1. The molecule has 3 rings (SSSR count). The lowest BCUT2D eigenvalue weighted by Gasteiger charge is -2.24. The van der Waals surface area contributed by atoms with Gasteiger partial charge in [-0.1, -0.05) is 18.9 Å². The lowest BCUT2D eigenvalue weighted by Crippen LogP contribution is -2.45. The van der Waals surface area contributed by atoms with Gasteiger partial charge in [-0.3, -0.25) is 9.89 Å². The third-order valence-corrected chi connectivity index (χ3v) is 6.09. The zero-order chi connectivity index (χ0) is 20.5. The summed E-state index contributed by atoms with van der Waals surface area (Å²) in [6, 6.07) is 7.47. The highest BCUT2D eigenvalue weighted by molar-refractivity contribution is 5.80. The minimum atomic E-state index is 0.513. The van der Waals surface area contributed by atoms with Crippen LogP contribution in [0.15, 0.2) is 23.2 Å². The van der Waals surface area contributed by atoms with E-state index in [9.17, 15) is 0 Å². The van der Waals surface area contributed by atoms with Crippen molar-refractivity contribution in [3.63, 3.8) is 0 Å². The molecule has 0 bridgehead atoms. The van der Waals surface area contributed by atoms with Gasteiger partial charge in [0.1, 0.15) is 0 Å². The molecular weight excluding hydrogens is 364 g/mol. The second kappa shape index (κ2) is 11.3. The molecule has 6 nitrogen and oxygen atoms in total. The average molecular weight is 403 g/mol. The van der Waals surface area contributed by atoms with E-state index < -0.39 is 0 Å². The third kappa shape index (κ3) is 6.26. The van der Waals surface area contributed by atoms with E-state index in [0.717, 1.165) is 56.0 Å². The van der Waals surface area contributed by atoms with Gasteiger partial charge in [-0.05, 0) is 56.7 Å². The Balaban J connectivity index is 1.45. The molecule has 1 aliphatic carbocycles. The highest BCUT2D eigenvalue weighted by Gasteiger charge is 2.30. The van der Waals surface area contributed by atoms with Crippen LogP contribution in [-0.2, 0) is 6.42 Å². The minimum Gasteiger partial charge on any atom is -0.493 e. The molecular formula is C23H38N4O2. The summed E-state index contributed by atoms with van der Waals surface area (Å²) in [6.07, 6.45) is 8.78. The van der Waals surface area contributed by atoms with Crippen LogP contribution in [0.1, 0.15) is 51.0 Å². The summed E-state index contributed by atoms with van der Waals surface area (Å²) >= 11 is 0. The molecule has 1 heterocycles. The Hall–Kier alpha value is -1.95. The number of nitrogens with zero attached hydrogens (tertiary/aromatic N) is 2. The van der Waals surface area contributed by atoms with Crippen LogP contribution in [0.2, 0.25) is 0 Å². The molecule has 2 N–H and O–H groups in total. The average Bonchev–Trinajstić information content (AvgIpc) is 3.43. The number of hydrogen-bond donors (Lipinski definition) is 2. The monoisotopic (exact) mass is 402 g/mol. The topological polar surface area (TPSA) is 58.1 Å². The first-order chi connectivity index (χ1) is 14.2. The highest BCUT2D eigenvalue weighted by Crippen LogP contribution is 2.28. The Morgan fingerprint density at radius 1 is 1.14 bits per heavy atom. The van der Waals surface area contributed by atoms with Gasteiger partial charge < -0.3 is 20.1 Å². The quantitative estimate of drug-likeness (QED) is 0.377. The molecule has 0 spiro atoms. The molecule has 1 unspecified atom stereocenters. The minimum absolute atomic E-state index is 0.513. The number of aryl methyl sites for hydroxylation is 1. The highest BCUT2D eigenvalue weighted by atomic mass is 16.5. The summed E-state index contributed by atoms with van der Waals surface area (Å²) in [5.41, 5.74) is 1.25. The first kappa shape index (κ1) is 21.8. The summed E-state index contributed by atoms with van der Waals surface area (Å²) in [7, 11) is 3.34. The maximum absolute atomic E-state index is 5.40. The second-order valence-electron chi connectivity index (χ2n) is 8.12. The van der Waals surface area contributed by atoms with E-state index >= 15 is 0 Å². The lowest BCUT2D eigenvalue weighted by atomic mass is 10.1. The molecule has 1 aliphatic heterocycles. The van der Waals surface area contributed by atoms with E-state index in [4.69, 9.17) is 14.5 Å². The summed E-state index contributed by atoms with van der Waals surface area (Å²) in [5, 5.41) is 7.07. The van der Waals surface area contributed by atoms with Crippen molar-refractivity contribution in [2.45, 2.75) is 64.0 Å². The number of nitrogens with one attached hydrogen (secondary N) is 2. The third-order valence-electron chi connectivity index (χ3n) is 6.09. The lowest BCUT2D eigenvalue weighted by molar-refractivity contribution is 0.242. The van der Waals surface area contributed by atoms with Crippen LogP contribution < -0.4 is 20.1 Å². The molecule has 0 radical (unpaired) electrons. The summed E-state index contributed by atoms with van der Waals surface area (Å²) < 4.78 is 10.7. The van der Waals surface area contributed by atoms with E-state index in [0.29, 0.717) is 6.04 Å². The van der Waals surface area contributed by atoms with Crippen LogP contribution in [0.3, 0.4) is 0 Å². The van der Waals surface area contributed by atoms with Gasteiger partial charge in [-0.15, -0.1) is 0 Å². The van der Waals surface area contributed by atoms with Crippen LogP contribution in [0.4, 0.5) is 0 Å². The van der Waals surface area contributed by atoms with E-state index in [2.05, 4.69) is 34.6 Å². The van der Waals surface area contributed by atoms with Gasteiger partial charge >= 0.3 is 0 Å². The first-order valence-corrected chi connectivity index (χ1v) is 11.2. The van der Waals surface area contributed by atoms with Gasteiger partial charge in [0.15, 0.2) is 17.5 Å². The van der Waals surface area contributed by atoms with Crippen molar-refractivity contribution >= 4 is 5.96 Å². The first-order valence-electron chi connectivity index (χ1n) is 11.2. The molecule has 1 atom stereocenters. The molecule has 2 fully saturated rings. The maximum Gasteiger partial charge on any atom is 0.191 e. The van der Waals surface area contributed by atoms with Gasteiger partial charge in [-0.25, -0.2) is 0 Å². The molecule has 162 valence electrons. The fourth-order valence-corrected chi connectivity index (χ4v) is 4.53. The molecule has 0 aromatic heterocycles. The van der Waals surface area contributed by atoms with E-state index in [1.807, 2.05) is 6.07 Å². The van der Waals surface area contributed by atoms with E-state index in [1.165, 1.54) is 44.2 Å². The Kier molecular flexibility index (Phi) is 8.47. The zero-order valence-electron chi connectivity index (χ0n) is 18.4. The largest absolute Gasteiger partial charge is 0.493 e. The fourth-order valence-electron chi connectivity index (χ4n) is 4.53. The molecule has 1 aromatic rings. The van der Waals surface area contributed by atoms with Gasteiger partial charge in [0.25, 0.3) is 0 Å². The Labute approximate surface area is 176 Å². The fraction of sp³-hybridized carbons (Fsp3) is 0.696. The standard InChI is InChI=1S/C23H38N4O2/c1-4-24-23(26-19-13-15-27(17-19)20-9-5-6-10-20)25-14-7-8-18-11-12-21(28-2)22(16-18)29-3/h11-12,16,19-20H,4-10,13-15,17H2,1-3H3,(H2,24,25,26). The zero-order valence-corrected chi connectivity index (χ0v) is 18.4. The van der Waals surface area contributed by atoms with Crippen molar-refractivity contribution in [1.29, 1.82) is 0 Å². The molecule has 0 amide bonds. The molecule has 1 saturated carbocycles. The second-order valence-corrected chi connectivity index (χ2v) is 8.12. The van der Waals surface area contributed by atoms with Crippen molar-refractivity contribution in [2.24, 2.45) is 4.99 Å². The number of guanidine groups is 1.